The van der Waals surface area contributed by atoms with Gasteiger partial charge < -0.3 is 9.15 Å². The summed E-state index contributed by atoms with van der Waals surface area (Å²) in [6, 6.07) is 9.33. The van der Waals surface area contributed by atoms with E-state index in [0.717, 1.165) is 17.7 Å². The highest BCUT2D eigenvalue weighted by atomic mass is 16.5. The maximum Gasteiger partial charge on any atom is 0.268 e. The number of ether oxygens (including phenoxy) is 1. The van der Waals surface area contributed by atoms with Crippen molar-refractivity contribution in [1.82, 2.24) is 5.43 Å². The Morgan fingerprint density at radius 1 is 1.37 bits per heavy atom. The van der Waals surface area contributed by atoms with Crippen LogP contribution >= 0.6 is 0 Å². The predicted octanol–water partition coefficient (Wildman–Crippen LogP) is 2.02. The summed E-state index contributed by atoms with van der Waals surface area (Å²) in [5.74, 6) is 5.96. The monoisotopic (exact) mass is 260 g/mol. The van der Waals surface area contributed by atoms with E-state index < -0.39 is 5.91 Å². The van der Waals surface area contributed by atoms with Crippen molar-refractivity contribution in [2.45, 2.75) is 20.0 Å². The molecule has 5 nitrogen and oxygen atoms in total. The number of carbonyl (C=O) groups is 1. The Kier molecular flexibility index (Phi) is 4.20. The van der Waals surface area contributed by atoms with Crippen LogP contribution in [0.25, 0.3) is 0 Å². The lowest BCUT2D eigenvalue weighted by Crippen LogP contribution is -2.30. The van der Waals surface area contributed by atoms with Gasteiger partial charge in [0.25, 0.3) is 5.91 Å². The number of nitrogen functional groups attached to an aromatic ring is 1. The molecule has 0 radical (unpaired) electrons. The van der Waals surface area contributed by atoms with Crippen LogP contribution in [0.1, 0.15) is 28.6 Å². The summed E-state index contributed by atoms with van der Waals surface area (Å²) >= 11 is 0. The molecule has 0 unspecified atom stereocenters. The average molecular weight is 260 g/mol. The molecule has 0 bridgehead atoms. The lowest BCUT2D eigenvalue weighted by Gasteiger charge is -2.09. The van der Waals surface area contributed by atoms with Crippen LogP contribution in [0.15, 0.2) is 41.0 Å². The zero-order valence-electron chi connectivity index (χ0n) is 10.7. The van der Waals surface area contributed by atoms with Crippen LogP contribution in [0, 0.1) is 0 Å². The van der Waals surface area contributed by atoms with Crippen molar-refractivity contribution >= 4 is 5.91 Å². The third-order valence-corrected chi connectivity index (χ3v) is 2.83. The van der Waals surface area contributed by atoms with Gasteiger partial charge in [0, 0.05) is 0 Å². The highest BCUT2D eigenvalue weighted by Crippen LogP contribution is 2.21. The first-order valence-electron chi connectivity index (χ1n) is 6.04. The minimum Gasteiger partial charge on any atom is -0.485 e. The number of rotatable bonds is 5. The van der Waals surface area contributed by atoms with Gasteiger partial charge in [0.2, 0.25) is 0 Å². The number of nitrogens with two attached hydrogens (primary N) is 1. The highest BCUT2D eigenvalue weighted by Gasteiger charge is 2.14. The molecule has 1 amide bonds. The van der Waals surface area contributed by atoms with Crippen molar-refractivity contribution in [2.75, 3.05) is 0 Å². The third kappa shape index (κ3) is 2.95. The van der Waals surface area contributed by atoms with Crippen molar-refractivity contribution < 1.29 is 13.9 Å². The molecule has 2 aromatic rings. The summed E-state index contributed by atoms with van der Waals surface area (Å²) in [5, 5.41) is 0. The summed E-state index contributed by atoms with van der Waals surface area (Å²) in [4.78, 5) is 11.5. The van der Waals surface area contributed by atoms with E-state index in [1.54, 1.807) is 6.07 Å². The van der Waals surface area contributed by atoms with Crippen molar-refractivity contribution in [2.24, 2.45) is 5.84 Å². The summed E-state index contributed by atoms with van der Waals surface area (Å²) in [6.45, 7) is 2.25. The number of furan rings is 1. The molecule has 19 heavy (non-hydrogen) atoms. The summed E-state index contributed by atoms with van der Waals surface area (Å²) < 4.78 is 10.9. The molecule has 5 heteroatoms. The third-order valence-electron chi connectivity index (χ3n) is 2.83. The predicted molar refractivity (Wildman–Crippen MR) is 70.5 cm³/mol. The molecule has 2 rings (SSSR count). The van der Waals surface area contributed by atoms with Crippen molar-refractivity contribution in [3.05, 3.63) is 53.5 Å². The highest BCUT2D eigenvalue weighted by molar-refractivity contribution is 5.94. The maximum atomic E-state index is 11.5. The number of aryl methyl sites for hydroxylation is 1. The quantitative estimate of drug-likeness (QED) is 0.490. The van der Waals surface area contributed by atoms with Crippen molar-refractivity contribution in [3.63, 3.8) is 0 Å². The summed E-state index contributed by atoms with van der Waals surface area (Å²) in [7, 11) is 0. The first-order chi connectivity index (χ1) is 9.26. The fourth-order valence-corrected chi connectivity index (χ4v) is 1.81. The van der Waals surface area contributed by atoms with Crippen LogP contribution in [-0.2, 0) is 13.0 Å². The number of amides is 1. The van der Waals surface area contributed by atoms with E-state index >= 15 is 0 Å². The van der Waals surface area contributed by atoms with Gasteiger partial charge in [-0.3, -0.25) is 10.2 Å². The Hall–Kier alpha value is -2.27. The number of para-hydroxylation sites is 1. The Bertz CT molecular complexity index is 563. The second kappa shape index (κ2) is 6.06. The van der Waals surface area contributed by atoms with Crippen LogP contribution in [-0.4, -0.2) is 5.91 Å². The van der Waals surface area contributed by atoms with Gasteiger partial charge in [-0.05, 0) is 24.1 Å². The first kappa shape index (κ1) is 13.2. The molecule has 1 aromatic heterocycles. The fraction of sp³-hybridized carbons (Fsp3) is 0.214. The molecule has 0 saturated heterocycles. The van der Waals surface area contributed by atoms with Gasteiger partial charge in [-0.25, -0.2) is 5.84 Å². The van der Waals surface area contributed by atoms with E-state index in [1.165, 1.54) is 6.26 Å². The lowest BCUT2D eigenvalue weighted by molar-refractivity contribution is 0.0949. The van der Waals surface area contributed by atoms with Gasteiger partial charge in [0.05, 0.1) is 11.8 Å². The zero-order valence-corrected chi connectivity index (χ0v) is 10.7. The van der Waals surface area contributed by atoms with E-state index in [2.05, 4.69) is 12.3 Å². The minimum atomic E-state index is -0.392. The van der Waals surface area contributed by atoms with Crippen molar-refractivity contribution in [1.29, 1.82) is 0 Å². The summed E-state index contributed by atoms with van der Waals surface area (Å²) in [6.07, 6.45) is 2.32. The van der Waals surface area contributed by atoms with E-state index in [4.69, 9.17) is 15.0 Å². The zero-order chi connectivity index (χ0) is 13.7. The Morgan fingerprint density at radius 3 is 2.89 bits per heavy atom. The number of hydrogen-bond donors (Lipinski definition) is 2. The molecule has 0 aliphatic heterocycles. The first-order valence-corrected chi connectivity index (χ1v) is 6.04. The fourth-order valence-electron chi connectivity index (χ4n) is 1.81. The second-order valence-electron chi connectivity index (χ2n) is 3.98. The second-order valence-corrected chi connectivity index (χ2v) is 3.98. The number of hydrazine groups is 1. The van der Waals surface area contributed by atoms with Gasteiger partial charge >= 0.3 is 0 Å². The Balaban J connectivity index is 2.11. The molecule has 0 saturated carbocycles. The van der Waals surface area contributed by atoms with E-state index in [-0.39, 0.29) is 6.61 Å². The minimum absolute atomic E-state index is 0.187. The molecule has 0 fully saturated rings. The van der Waals surface area contributed by atoms with Crippen LogP contribution < -0.4 is 16.0 Å². The normalized spacial score (nSPS) is 10.2. The molecular weight excluding hydrogens is 244 g/mol. The van der Waals surface area contributed by atoms with Gasteiger partial charge in [0.15, 0.2) is 5.76 Å². The number of carbonyl (C=O) groups excluding carboxylic acids is 1. The van der Waals surface area contributed by atoms with E-state index in [1.807, 2.05) is 24.3 Å². The molecular formula is C14H16N2O3. The molecule has 3 N–H and O–H groups in total. The molecule has 1 heterocycles. The largest absolute Gasteiger partial charge is 0.485 e. The van der Waals surface area contributed by atoms with Crippen molar-refractivity contribution in [3.8, 4) is 5.75 Å². The Morgan fingerprint density at radius 2 is 2.16 bits per heavy atom. The maximum absolute atomic E-state index is 11.5. The number of benzene rings is 1. The molecule has 0 atom stereocenters. The molecule has 100 valence electrons. The van der Waals surface area contributed by atoms with E-state index in [9.17, 15) is 4.79 Å². The van der Waals surface area contributed by atoms with Gasteiger partial charge in [0.1, 0.15) is 12.4 Å². The smallest absolute Gasteiger partial charge is 0.268 e. The van der Waals surface area contributed by atoms with Crippen LogP contribution in [0.3, 0.4) is 0 Å². The Labute approximate surface area is 111 Å². The number of hydrogen-bond acceptors (Lipinski definition) is 4. The molecule has 1 aromatic carbocycles. The average Bonchev–Trinajstić information content (AvgIpc) is 2.93. The van der Waals surface area contributed by atoms with Crippen LogP contribution in [0.5, 0.6) is 5.75 Å². The van der Waals surface area contributed by atoms with Crippen LogP contribution in [0.2, 0.25) is 0 Å². The van der Waals surface area contributed by atoms with Gasteiger partial charge in [-0.2, -0.15) is 0 Å². The lowest BCUT2D eigenvalue weighted by atomic mass is 10.1. The van der Waals surface area contributed by atoms with Gasteiger partial charge in [-0.15, -0.1) is 0 Å². The molecule has 0 spiro atoms. The molecule has 0 aliphatic carbocycles. The van der Waals surface area contributed by atoms with Gasteiger partial charge in [-0.1, -0.05) is 25.1 Å². The van der Waals surface area contributed by atoms with Crippen LogP contribution in [0.4, 0.5) is 0 Å². The molecule has 0 aliphatic rings. The number of nitrogens with one attached hydrogen (secondary N) is 1. The standard InChI is InChI=1S/C14H16N2O3/c1-2-10-5-3-4-6-12(10)19-9-13-11(7-8-18-13)14(17)16-15/h3-8H,2,9,15H2,1H3,(H,16,17). The SMILES string of the molecule is CCc1ccccc1OCc1occc1C(=O)NN. The topological polar surface area (TPSA) is 77.5 Å². The summed E-state index contributed by atoms with van der Waals surface area (Å²) in [5.41, 5.74) is 3.57. The van der Waals surface area contributed by atoms with E-state index in [0.29, 0.717) is 11.3 Å².